The van der Waals surface area contributed by atoms with E-state index in [1.165, 1.54) is 64.2 Å². The molecule has 1 amide bonds. The number of quaternary nitrogens is 1. The van der Waals surface area contributed by atoms with Gasteiger partial charge >= 0.3 is 1.43 Å². The Labute approximate surface area is 124 Å². The number of amides is 1. The number of nitrogens with two attached hydrogens (primary N) is 1. The van der Waals surface area contributed by atoms with E-state index in [4.69, 9.17) is 0 Å². The molecule has 0 atom stereocenters. The first kappa shape index (κ1) is 21.9. The van der Waals surface area contributed by atoms with Crippen molar-refractivity contribution in [1.29, 1.82) is 0 Å². The smallest absolute Gasteiger partial charge is 0.804 e. The molecule has 0 aliphatic carbocycles. The number of primary amides is 1. The van der Waals surface area contributed by atoms with E-state index in [1.807, 2.05) is 0 Å². The number of carbonyl (C=O) groups excluding carboxylic acids is 1. The van der Waals surface area contributed by atoms with E-state index in [1.54, 1.807) is 0 Å². The third-order valence-electron chi connectivity index (χ3n) is 2.87. The van der Waals surface area contributed by atoms with E-state index in [2.05, 4.69) is 18.4 Å². The van der Waals surface area contributed by atoms with Gasteiger partial charge in [-0.1, -0.05) is 58.3 Å². The first-order valence-electron chi connectivity index (χ1n) is 7.47. The van der Waals surface area contributed by atoms with E-state index >= 15 is 0 Å². The number of carbonyl (C=O) groups is 1. The van der Waals surface area contributed by atoms with Gasteiger partial charge < -0.3 is 25.8 Å². The minimum Gasteiger partial charge on any atom is -0.804 e. The highest BCUT2D eigenvalue weighted by molar-refractivity contribution is 7.67. The first-order chi connectivity index (χ1) is 9.36. The first-order valence-corrected chi connectivity index (χ1v) is 9.01. The SMILES string of the molecule is CCCCCCCCCCCC[NH3+].NC(=O)P(=O)([O-])[O-].[H+]. The van der Waals surface area contributed by atoms with Crippen molar-refractivity contribution in [2.24, 2.45) is 5.73 Å². The summed E-state index contributed by atoms with van der Waals surface area (Å²) >= 11 is 0. The second kappa shape index (κ2) is 15.0. The molecule has 0 aromatic rings. The monoisotopic (exact) mass is 310 g/mol. The summed E-state index contributed by atoms with van der Waals surface area (Å²) in [5.74, 6) is 0. The molecule has 5 N–H and O–H groups in total. The highest BCUT2D eigenvalue weighted by Gasteiger charge is 1.94. The molecule has 0 rings (SSSR count). The highest BCUT2D eigenvalue weighted by Crippen LogP contribution is 2.20. The van der Waals surface area contributed by atoms with Gasteiger partial charge in [-0.05, 0) is 12.8 Å². The molecule has 20 heavy (non-hydrogen) atoms. The van der Waals surface area contributed by atoms with Crippen molar-refractivity contribution in [1.82, 2.24) is 0 Å². The lowest BCUT2D eigenvalue weighted by atomic mass is 10.1. The van der Waals surface area contributed by atoms with Crippen LogP contribution in [-0.4, -0.2) is 12.2 Å². The topological polar surface area (TPSA) is 134 Å². The maximum Gasteiger partial charge on any atom is 1.00 e. The zero-order chi connectivity index (χ0) is 15.9. The van der Waals surface area contributed by atoms with Crippen LogP contribution in [0.15, 0.2) is 0 Å². The molecule has 0 saturated heterocycles. The van der Waals surface area contributed by atoms with Crippen molar-refractivity contribution >= 4 is 13.2 Å². The molecule has 0 heterocycles. The van der Waals surface area contributed by atoms with Crippen LogP contribution in [0.2, 0.25) is 0 Å². The van der Waals surface area contributed by atoms with Crippen LogP contribution in [0.1, 0.15) is 72.6 Å². The minimum absolute atomic E-state index is 0. The van der Waals surface area contributed by atoms with Crippen LogP contribution in [0.25, 0.3) is 0 Å². The Morgan fingerprint density at radius 3 is 1.55 bits per heavy atom. The van der Waals surface area contributed by atoms with Gasteiger partial charge in [0.1, 0.15) is 0 Å². The predicted octanol–water partition coefficient (Wildman–Crippen LogP) is 1.24. The third-order valence-corrected chi connectivity index (χ3v) is 3.41. The van der Waals surface area contributed by atoms with Gasteiger partial charge in [-0.15, -0.1) is 0 Å². The van der Waals surface area contributed by atoms with Crippen molar-refractivity contribution in [3.63, 3.8) is 0 Å². The lowest BCUT2D eigenvalue weighted by molar-refractivity contribution is -0.368. The molecule has 6 nitrogen and oxygen atoms in total. The van der Waals surface area contributed by atoms with Crippen LogP contribution >= 0.6 is 7.60 Å². The molecule has 7 heteroatoms. The van der Waals surface area contributed by atoms with Crippen molar-refractivity contribution in [3.05, 3.63) is 0 Å². The van der Waals surface area contributed by atoms with E-state index < -0.39 is 13.2 Å². The zero-order valence-electron chi connectivity index (χ0n) is 13.6. The lowest BCUT2D eigenvalue weighted by Crippen LogP contribution is -2.50. The Bertz CT molecular complexity index is 265. The molecule has 122 valence electrons. The lowest BCUT2D eigenvalue weighted by Gasteiger charge is -2.23. The summed E-state index contributed by atoms with van der Waals surface area (Å²) in [4.78, 5) is 28.0. The molecule has 0 unspecified atom stereocenters. The van der Waals surface area contributed by atoms with Gasteiger partial charge in [-0.2, -0.15) is 0 Å². The summed E-state index contributed by atoms with van der Waals surface area (Å²) in [7, 11) is -5.10. The molecule has 0 aromatic carbocycles. The number of rotatable bonds is 11. The Morgan fingerprint density at radius 1 is 1.00 bits per heavy atom. The van der Waals surface area contributed by atoms with Gasteiger partial charge in [0.2, 0.25) is 5.65 Å². The standard InChI is InChI=1S/C12H27N.CH4NO4P/c1-2-3-4-5-6-7-8-9-10-11-12-13;2-1(3)7(4,5)6/h2-13H2,1H3;(H2,2,3)(H2,4,5,6). The molecule has 0 aromatic heterocycles. The van der Waals surface area contributed by atoms with Crippen LogP contribution in [0, 0.1) is 0 Å². The van der Waals surface area contributed by atoms with Gasteiger partial charge in [0, 0.05) is 7.60 Å². The quantitative estimate of drug-likeness (QED) is 0.438. The molecule has 0 radical (unpaired) electrons. The van der Waals surface area contributed by atoms with Crippen molar-refractivity contribution in [2.75, 3.05) is 6.54 Å². The summed E-state index contributed by atoms with van der Waals surface area (Å²) in [6, 6.07) is 0. The van der Waals surface area contributed by atoms with Crippen LogP contribution in [0.3, 0.4) is 0 Å². The van der Waals surface area contributed by atoms with Gasteiger partial charge in [-0.3, -0.25) is 4.79 Å². The molecule has 0 spiro atoms. The maximum atomic E-state index is 9.35. The van der Waals surface area contributed by atoms with E-state index in [0.29, 0.717) is 0 Å². The average Bonchev–Trinajstić information content (AvgIpc) is 2.36. The third kappa shape index (κ3) is 19.9. The van der Waals surface area contributed by atoms with Crippen LogP contribution in [0.5, 0.6) is 0 Å². The second-order valence-electron chi connectivity index (χ2n) is 4.87. The minimum atomic E-state index is -5.10. The summed E-state index contributed by atoms with van der Waals surface area (Å²) in [5, 5.41) is 0. The predicted molar refractivity (Wildman–Crippen MR) is 77.9 cm³/mol. The van der Waals surface area contributed by atoms with Crippen molar-refractivity contribution in [3.8, 4) is 0 Å². The van der Waals surface area contributed by atoms with Crippen molar-refractivity contribution in [2.45, 2.75) is 71.1 Å². The molecule has 0 saturated carbocycles. The van der Waals surface area contributed by atoms with E-state index in [9.17, 15) is 19.1 Å². The second-order valence-corrected chi connectivity index (χ2v) is 6.31. The largest absolute Gasteiger partial charge is 1.00 e. The highest BCUT2D eigenvalue weighted by atomic mass is 31.2. The number of unbranched alkanes of at least 4 members (excludes halogenated alkanes) is 9. The Morgan fingerprint density at radius 2 is 1.30 bits per heavy atom. The fourth-order valence-corrected chi connectivity index (χ4v) is 1.66. The molecular formula is C13H31N2O4P. The average molecular weight is 310 g/mol. The fraction of sp³-hybridized carbons (Fsp3) is 0.923. The summed E-state index contributed by atoms with van der Waals surface area (Å²) < 4.78 is 9.33. The van der Waals surface area contributed by atoms with E-state index in [0.717, 1.165) is 6.54 Å². The number of hydrogen-bond acceptors (Lipinski definition) is 4. The van der Waals surface area contributed by atoms with Crippen molar-refractivity contribution < 1.29 is 26.3 Å². The normalized spacial score (nSPS) is 10.8. The summed E-state index contributed by atoms with van der Waals surface area (Å²) in [6.45, 7) is 3.40. The molecule has 0 aliphatic rings. The van der Waals surface area contributed by atoms with Gasteiger partial charge in [0.05, 0.1) is 6.54 Å². The summed E-state index contributed by atoms with van der Waals surface area (Å²) in [5.41, 5.74) is 6.08. The zero-order valence-corrected chi connectivity index (χ0v) is 13.5. The maximum absolute atomic E-state index is 9.35. The van der Waals surface area contributed by atoms with Gasteiger partial charge in [0.15, 0.2) is 0 Å². The summed E-state index contributed by atoms with van der Waals surface area (Å²) in [6.07, 6.45) is 14.2. The Kier molecular flexibility index (Phi) is 16.4. The van der Waals surface area contributed by atoms with Crippen LogP contribution in [0.4, 0.5) is 4.79 Å². The van der Waals surface area contributed by atoms with E-state index in [-0.39, 0.29) is 1.43 Å². The van der Waals surface area contributed by atoms with Gasteiger partial charge in [0.25, 0.3) is 0 Å². The molecule has 0 bridgehead atoms. The molecule has 0 aliphatic heterocycles. The fourth-order valence-electron chi connectivity index (χ4n) is 1.66. The van der Waals surface area contributed by atoms with Crippen LogP contribution < -0.4 is 21.3 Å². The Hall–Kier alpha value is -0.420. The van der Waals surface area contributed by atoms with Gasteiger partial charge in [-0.25, -0.2) is 0 Å². The molecular weight excluding hydrogens is 279 g/mol. The molecule has 0 fully saturated rings. The number of hydrogen-bond donors (Lipinski definition) is 2. The Balaban J connectivity index is -0.000000347. The van der Waals surface area contributed by atoms with Crippen LogP contribution in [-0.2, 0) is 4.57 Å².